The Hall–Kier alpha value is -2.65. The minimum absolute atomic E-state index is 0.0866. The van der Waals surface area contributed by atoms with Crippen LogP contribution >= 0.6 is 0 Å². The second kappa shape index (κ2) is 8.15. The van der Waals surface area contributed by atoms with E-state index >= 15 is 0 Å². The third-order valence-corrected chi connectivity index (χ3v) is 5.46. The van der Waals surface area contributed by atoms with E-state index in [1.165, 1.54) is 39.3 Å². The zero-order valence-corrected chi connectivity index (χ0v) is 15.5. The van der Waals surface area contributed by atoms with E-state index in [0.29, 0.717) is 23.5 Å². The molecule has 0 atom stereocenters. The summed E-state index contributed by atoms with van der Waals surface area (Å²) in [7, 11) is -0.969. The van der Waals surface area contributed by atoms with Gasteiger partial charge in [0.25, 0.3) is 5.69 Å². The van der Waals surface area contributed by atoms with Crippen LogP contribution in [0.3, 0.4) is 0 Å². The van der Waals surface area contributed by atoms with E-state index < -0.39 is 20.6 Å². The van der Waals surface area contributed by atoms with Gasteiger partial charge >= 0.3 is 0 Å². The van der Waals surface area contributed by atoms with Crippen LogP contribution in [0.2, 0.25) is 0 Å². The predicted molar refractivity (Wildman–Crippen MR) is 96.3 cm³/mol. The summed E-state index contributed by atoms with van der Waals surface area (Å²) in [6.45, 7) is 1.61. The number of sulfonamides is 1. The van der Waals surface area contributed by atoms with E-state index in [9.17, 15) is 18.5 Å². The Morgan fingerprint density at radius 3 is 2.42 bits per heavy atom. The molecule has 0 bridgehead atoms. The van der Waals surface area contributed by atoms with Gasteiger partial charge in [-0.1, -0.05) is 18.2 Å². The Labute approximate surface area is 152 Å². The number of aryl methyl sites for hydroxylation is 1. The van der Waals surface area contributed by atoms with Crippen molar-refractivity contribution < 1.29 is 22.8 Å². The summed E-state index contributed by atoms with van der Waals surface area (Å²) >= 11 is 0. The molecule has 0 fully saturated rings. The van der Waals surface area contributed by atoms with Crippen molar-refractivity contribution in [3.8, 4) is 11.5 Å². The van der Waals surface area contributed by atoms with Crippen LogP contribution in [-0.4, -0.2) is 34.1 Å². The first kappa shape index (κ1) is 19.7. The molecule has 9 heteroatoms. The highest BCUT2D eigenvalue weighted by molar-refractivity contribution is 7.89. The molecule has 140 valence electrons. The van der Waals surface area contributed by atoms with Crippen LogP contribution in [0.4, 0.5) is 5.69 Å². The first-order chi connectivity index (χ1) is 12.3. The first-order valence-electron chi connectivity index (χ1n) is 7.74. The van der Waals surface area contributed by atoms with Crippen molar-refractivity contribution in [3.05, 3.63) is 57.6 Å². The van der Waals surface area contributed by atoms with Gasteiger partial charge in [0.15, 0.2) is 16.4 Å². The summed E-state index contributed by atoms with van der Waals surface area (Å²) in [5.41, 5.74) is 0.714. The molecule has 2 rings (SSSR count). The number of nitrogens with one attached hydrogen (secondary N) is 1. The van der Waals surface area contributed by atoms with E-state index in [4.69, 9.17) is 9.47 Å². The minimum atomic E-state index is -4.01. The molecule has 0 saturated carbocycles. The number of nitrogens with zero attached hydrogens (tertiary/aromatic N) is 1. The summed E-state index contributed by atoms with van der Waals surface area (Å²) in [5, 5.41) is 11.1. The molecule has 0 aliphatic rings. The maximum Gasteiger partial charge on any atom is 0.289 e. The molecule has 0 aliphatic carbocycles. The first-order valence-corrected chi connectivity index (χ1v) is 9.23. The number of hydrogen-bond donors (Lipinski definition) is 1. The van der Waals surface area contributed by atoms with Crippen LogP contribution in [0.15, 0.2) is 41.3 Å². The summed E-state index contributed by atoms with van der Waals surface area (Å²) in [5.74, 6) is 1.12. The fourth-order valence-corrected chi connectivity index (χ4v) is 3.99. The number of nitro benzene ring substituents is 1. The second-order valence-corrected chi connectivity index (χ2v) is 7.22. The molecular weight excluding hydrogens is 360 g/mol. The summed E-state index contributed by atoms with van der Waals surface area (Å²) in [6, 6.07) is 9.44. The quantitative estimate of drug-likeness (QED) is 0.557. The van der Waals surface area contributed by atoms with E-state index in [-0.39, 0.29) is 11.4 Å². The Morgan fingerprint density at radius 2 is 1.81 bits per heavy atom. The Kier molecular flexibility index (Phi) is 6.17. The van der Waals surface area contributed by atoms with Gasteiger partial charge in [0.05, 0.1) is 19.1 Å². The second-order valence-electron chi connectivity index (χ2n) is 5.52. The Bertz CT molecular complexity index is 911. The lowest BCUT2D eigenvalue weighted by Gasteiger charge is -2.11. The number of rotatable bonds is 8. The maximum atomic E-state index is 12.5. The molecular formula is C17H20N2O6S. The van der Waals surface area contributed by atoms with Crippen molar-refractivity contribution in [2.45, 2.75) is 18.2 Å². The van der Waals surface area contributed by atoms with Crippen molar-refractivity contribution >= 4 is 15.7 Å². The molecule has 0 spiro atoms. The van der Waals surface area contributed by atoms with Crippen molar-refractivity contribution in [3.63, 3.8) is 0 Å². The highest BCUT2D eigenvalue weighted by Gasteiger charge is 2.27. The Balaban J connectivity index is 2.16. The standard InChI is InChI=1S/C17H20N2O6S/c1-12-5-4-6-14(19(20)21)17(12)26(22,23)18-10-9-13-7-8-15(24-2)16(11-13)25-3/h4-8,11,18H,9-10H2,1-3H3. The largest absolute Gasteiger partial charge is 0.493 e. The average Bonchev–Trinajstić information content (AvgIpc) is 2.60. The molecule has 0 radical (unpaired) electrons. The highest BCUT2D eigenvalue weighted by atomic mass is 32.2. The topological polar surface area (TPSA) is 108 Å². The van der Waals surface area contributed by atoms with E-state index in [2.05, 4.69) is 4.72 Å². The lowest BCUT2D eigenvalue weighted by Crippen LogP contribution is -2.27. The van der Waals surface area contributed by atoms with Crippen LogP contribution in [0.1, 0.15) is 11.1 Å². The summed E-state index contributed by atoms with van der Waals surface area (Å²) in [6.07, 6.45) is 0.388. The van der Waals surface area contributed by atoms with Crippen LogP contribution in [-0.2, 0) is 16.4 Å². The zero-order chi connectivity index (χ0) is 19.3. The smallest absolute Gasteiger partial charge is 0.289 e. The minimum Gasteiger partial charge on any atom is -0.493 e. The number of nitro groups is 1. The molecule has 0 aromatic heterocycles. The van der Waals surface area contributed by atoms with Gasteiger partial charge in [0.2, 0.25) is 10.0 Å². The van der Waals surface area contributed by atoms with E-state index in [0.717, 1.165) is 5.56 Å². The maximum absolute atomic E-state index is 12.5. The van der Waals surface area contributed by atoms with Crippen LogP contribution in [0.5, 0.6) is 11.5 Å². The molecule has 2 aromatic carbocycles. The molecule has 1 N–H and O–H groups in total. The fourth-order valence-electron chi connectivity index (χ4n) is 2.57. The van der Waals surface area contributed by atoms with Crippen molar-refractivity contribution in [2.75, 3.05) is 20.8 Å². The highest BCUT2D eigenvalue weighted by Crippen LogP contribution is 2.28. The van der Waals surface area contributed by atoms with Gasteiger partial charge in [-0.3, -0.25) is 10.1 Å². The fraction of sp³-hybridized carbons (Fsp3) is 0.294. The third-order valence-electron chi connectivity index (χ3n) is 3.81. The molecule has 2 aromatic rings. The zero-order valence-electron chi connectivity index (χ0n) is 14.7. The Morgan fingerprint density at radius 1 is 1.12 bits per heavy atom. The van der Waals surface area contributed by atoms with Gasteiger partial charge in [0, 0.05) is 12.6 Å². The van der Waals surface area contributed by atoms with Gasteiger partial charge in [-0.25, -0.2) is 13.1 Å². The van der Waals surface area contributed by atoms with Crippen LogP contribution < -0.4 is 14.2 Å². The molecule has 0 aliphatic heterocycles. The molecule has 0 unspecified atom stereocenters. The van der Waals surface area contributed by atoms with Crippen molar-refractivity contribution in [1.29, 1.82) is 0 Å². The van der Waals surface area contributed by atoms with E-state index in [1.807, 2.05) is 0 Å². The van der Waals surface area contributed by atoms with Gasteiger partial charge in [-0.2, -0.15) is 0 Å². The van der Waals surface area contributed by atoms with Crippen LogP contribution in [0.25, 0.3) is 0 Å². The van der Waals surface area contributed by atoms with Crippen molar-refractivity contribution in [1.82, 2.24) is 4.72 Å². The molecule has 0 amide bonds. The van der Waals surface area contributed by atoms with Gasteiger partial charge < -0.3 is 9.47 Å². The normalized spacial score (nSPS) is 11.2. The number of benzene rings is 2. The van der Waals surface area contributed by atoms with Gasteiger partial charge in [-0.05, 0) is 36.6 Å². The molecule has 8 nitrogen and oxygen atoms in total. The van der Waals surface area contributed by atoms with Crippen LogP contribution in [0, 0.1) is 17.0 Å². The van der Waals surface area contributed by atoms with Gasteiger partial charge in [0.1, 0.15) is 0 Å². The SMILES string of the molecule is COc1ccc(CCNS(=O)(=O)c2c(C)cccc2[N+](=O)[O-])cc1OC. The lowest BCUT2D eigenvalue weighted by molar-refractivity contribution is -0.387. The third kappa shape index (κ3) is 4.30. The average molecular weight is 380 g/mol. The number of hydrogen-bond acceptors (Lipinski definition) is 6. The number of ether oxygens (including phenoxy) is 2. The van der Waals surface area contributed by atoms with Crippen molar-refractivity contribution in [2.24, 2.45) is 0 Å². The summed E-state index contributed by atoms with van der Waals surface area (Å²) < 4.78 is 37.9. The lowest BCUT2D eigenvalue weighted by atomic mass is 10.1. The molecule has 0 heterocycles. The van der Waals surface area contributed by atoms with Gasteiger partial charge in [-0.15, -0.1) is 0 Å². The molecule has 26 heavy (non-hydrogen) atoms. The molecule has 0 saturated heterocycles. The number of methoxy groups -OCH3 is 2. The van der Waals surface area contributed by atoms with E-state index in [1.54, 1.807) is 18.2 Å². The predicted octanol–water partition coefficient (Wildman–Crippen LogP) is 2.44. The summed E-state index contributed by atoms with van der Waals surface area (Å²) in [4.78, 5) is 10.1. The monoisotopic (exact) mass is 380 g/mol.